The molecule has 10 nitrogen and oxygen atoms in total. The van der Waals surface area contributed by atoms with E-state index in [0.29, 0.717) is 11.1 Å². The van der Waals surface area contributed by atoms with Crippen molar-refractivity contribution in [2.24, 2.45) is 0 Å². The number of hydrogen-bond acceptors (Lipinski definition) is 9. The van der Waals surface area contributed by atoms with Gasteiger partial charge in [-0.05, 0) is 55.0 Å². The van der Waals surface area contributed by atoms with Crippen molar-refractivity contribution in [1.29, 1.82) is 0 Å². The lowest BCUT2D eigenvalue weighted by molar-refractivity contribution is -0.137. The summed E-state index contributed by atoms with van der Waals surface area (Å²) in [6.07, 6.45) is 0.371. The lowest BCUT2D eigenvalue weighted by Crippen LogP contribution is -2.58. The average molecular weight is 695 g/mol. The second kappa shape index (κ2) is 12.1. The third-order valence-electron chi connectivity index (χ3n) is 8.65. The Kier molecular flexibility index (Phi) is 8.06. The first-order valence-corrected chi connectivity index (χ1v) is 17.0. The molecule has 1 unspecified atom stereocenters. The number of carbonyl (C=O) groups is 1. The number of amides is 1. The van der Waals surface area contributed by atoms with Crippen LogP contribution in [0.15, 0.2) is 75.4 Å². The van der Waals surface area contributed by atoms with Gasteiger partial charge < -0.3 is 19.5 Å². The van der Waals surface area contributed by atoms with Crippen molar-refractivity contribution in [3.05, 3.63) is 87.3 Å². The van der Waals surface area contributed by atoms with Gasteiger partial charge in [-0.1, -0.05) is 6.58 Å². The molecule has 1 saturated heterocycles. The Morgan fingerprint density at radius 2 is 1.85 bits per heavy atom. The van der Waals surface area contributed by atoms with E-state index in [1.165, 1.54) is 16.8 Å². The third kappa shape index (κ3) is 5.44. The number of ether oxygens (including phenoxy) is 1. The zero-order valence-corrected chi connectivity index (χ0v) is 27.4. The van der Waals surface area contributed by atoms with E-state index in [4.69, 9.17) is 4.74 Å². The number of carbonyl (C=O) groups excluding carboxylic acids is 1. The minimum atomic E-state index is -4.83. The zero-order valence-electron chi connectivity index (χ0n) is 25.8. The van der Waals surface area contributed by atoms with E-state index in [0.717, 1.165) is 29.2 Å². The van der Waals surface area contributed by atoms with Crippen LogP contribution < -0.4 is 20.9 Å². The molecule has 4 aromatic heterocycles. The maximum Gasteiger partial charge on any atom is 0.417 e. The highest BCUT2D eigenvalue weighted by atomic mass is 32.2. The largest absolute Gasteiger partial charge is 0.488 e. The summed E-state index contributed by atoms with van der Waals surface area (Å²) in [6.45, 7) is 7.76. The third-order valence-corrected chi connectivity index (χ3v) is 10.9. The van der Waals surface area contributed by atoms with E-state index in [2.05, 4.69) is 21.5 Å². The number of hydrogen-bond donors (Lipinski definition) is 1. The predicted octanol–water partition coefficient (Wildman–Crippen LogP) is 5.55. The highest BCUT2D eigenvalue weighted by Crippen LogP contribution is 2.50. The molecule has 48 heavy (non-hydrogen) atoms. The van der Waals surface area contributed by atoms with Crippen molar-refractivity contribution < 1.29 is 22.7 Å². The molecule has 0 aliphatic carbocycles. The van der Waals surface area contributed by atoms with Gasteiger partial charge in [0.2, 0.25) is 5.91 Å². The molecule has 0 radical (unpaired) electrons. The van der Waals surface area contributed by atoms with Gasteiger partial charge in [-0.3, -0.25) is 19.1 Å². The molecular formula is C33H29F3N6O4S2. The van der Waals surface area contributed by atoms with Gasteiger partial charge in [0.15, 0.2) is 0 Å². The van der Waals surface area contributed by atoms with Crippen LogP contribution >= 0.6 is 23.1 Å². The van der Waals surface area contributed by atoms with Crippen LogP contribution in [0.5, 0.6) is 5.75 Å². The first-order chi connectivity index (χ1) is 23.0. The van der Waals surface area contributed by atoms with Crippen molar-refractivity contribution in [2.45, 2.75) is 49.7 Å². The minimum Gasteiger partial charge on any atom is -0.488 e. The molecule has 2 aliphatic heterocycles. The van der Waals surface area contributed by atoms with Gasteiger partial charge in [-0.2, -0.15) is 18.2 Å². The molecule has 0 spiro atoms. The Morgan fingerprint density at radius 1 is 1.12 bits per heavy atom. The van der Waals surface area contributed by atoms with Gasteiger partial charge in [0.1, 0.15) is 17.7 Å². The summed E-state index contributed by atoms with van der Waals surface area (Å²) in [5.41, 5.74) is -1.96. The van der Waals surface area contributed by atoms with E-state index in [9.17, 15) is 14.4 Å². The van der Waals surface area contributed by atoms with Gasteiger partial charge in [0, 0.05) is 70.2 Å². The van der Waals surface area contributed by atoms with Gasteiger partial charge in [-0.25, -0.2) is 4.79 Å². The lowest BCUT2D eigenvalue weighted by atomic mass is 9.99. The Labute approximate surface area is 279 Å². The molecule has 15 heteroatoms. The number of aromatic amines is 1. The fourth-order valence-electron chi connectivity index (χ4n) is 6.73. The minimum absolute atomic E-state index is 0.0237. The number of thioether (sulfide) groups is 1. The quantitative estimate of drug-likeness (QED) is 0.239. The molecule has 1 N–H and O–H groups in total. The number of aromatic nitrogens is 4. The molecule has 2 aliphatic rings. The molecule has 248 valence electrons. The Hall–Kier alpha value is -4.63. The van der Waals surface area contributed by atoms with Crippen LogP contribution in [0, 0.1) is 0 Å². The summed E-state index contributed by atoms with van der Waals surface area (Å²) in [6, 6.07) is 5.35. The summed E-state index contributed by atoms with van der Waals surface area (Å²) < 4.78 is 53.3. The van der Waals surface area contributed by atoms with Gasteiger partial charge in [0.25, 0.3) is 5.56 Å². The molecule has 1 amide bonds. The summed E-state index contributed by atoms with van der Waals surface area (Å²) >= 11 is 2.21. The molecule has 0 saturated carbocycles. The normalized spacial score (nSPS) is 19.8. The lowest BCUT2D eigenvalue weighted by Gasteiger charge is -2.44. The smallest absolute Gasteiger partial charge is 0.417 e. The number of H-pyrrole nitrogens is 1. The number of pyridine rings is 2. The number of halogens is 3. The summed E-state index contributed by atoms with van der Waals surface area (Å²) in [4.78, 5) is 54.5. The van der Waals surface area contributed by atoms with Crippen LogP contribution in [0.25, 0.3) is 32.1 Å². The first-order valence-electron chi connectivity index (χ1n) is 15.1. The predicted molar refractivity (Wildman–Crippen MR) is 180 cm³/mol. The summed E-state index contributed by atoms with van der Waals surface area (Å²) in [5, 5.41) is 2.47. The van der Waals surface area contributed by atoms with Crippen LogP contribution in [0.1, 0.15) is 19.4 Å². The number of nitrogens with one attached hydrogen (secondary N) is 1. The van der Waals surface area contributed by atoms with E-state index < -0.39 is 29.1 Å². The molecular weight excluding hydrogens is 666 g/mol. The van der Waals surface area contributed by atoms with Crippen molar-refractivity contribution in [2.75, 3.05) is 23.7 Å². The molecule has 3 atom stereocenters. The maximum atomic E-state index is 15.2. The van der Waals surface area contributed by atoms with E-state index >= 15 is 13.2 Å². The first kappa shape index (κ1) is 31.9. The number of anilines is 1. The highest BCUT2D eigenvalue weighted by Gasteiger charge is 2.40. The second-order valence-corrected chi connectivity index (χ2v) is 13.7. The number of rotatable bonds is 5. The molecule has 0 bridgehead atoms. The van der Waals surface area contributed by atoms with Crippen LogP contribution in [0.4, 0.5) is 19.0 Å². The summed E-state index contributed by atoms with van der Waals surface area (Å²) in [5.74, 6) is 0.558. The topological polar surface area (TPSA) is 113 Å². The van der Waals surface area contributed by atoms with Crippen molar-refractivity contribution >= 4 is 56.5 Å². The van der Waals surface area contributed by atoms with Crippen molar-refractivity contribution in [3.63, 3.8) is 0 Å². The standard InChI is InChI=1S/C33H29F3N6O4S2/c1-4-24(43)42-17(2)12-40(13-18(42)3)30-22-11-23(33(34,35)36)26(28-25-19(15-47-28)5-10-38-31(25)44)29-27(22)41(32(45)39-30)14-21(16-48-29)46-20-6-8-37-9-7-20/h4-11,15,17-18,21H,1,12-14,16H2,2-3H3,(H,38,44)/t17-,18+,21?. The van der Waals surface area contributed by atoms with Gasteiger partial charge >= 0.3 is 11.9 Å². The monoisotopic (exact) mass is 694 g/mol. The SMILES string of the molecule is C=CC(=O)N1[C@H](C)CN(c2nc(=O)n3c4c(c(-c5scc6cc[nH]c(=O)c56)c(C(F)(F)F)cc24)SCC(Oc2ccncc2)C3)C[C@@H]1C. The number of benzene rings is 1. The van der Waals surface area contributed by atoms with E-state index in [-0.39, 0.29) is 80.8 Å². The number of nitrogens with zero attached hydrogens (tertiary/aromatic N) is 5. The van der Waals surface area contributed by atoms with Crippen molar-refractivity contribution in [1.82, 2.24) is 24.4 Å². The fourth-order valence-corrected chi connectivity index (χ4v) is 9.14. The Bertz CT molecular complexity index is 2190. The molecule has 5 aromatic rings. The van der Waals surface area contributed by atoms with Crippen LogP contribution in [-0.4, -0.2) is 67.4 Å². The summed E-state index contributed by atoms with van der Waals surface area (Å²) in [7, 11) is 0. The van der Waals surface area contributed by atoms with Gasteiger partial charge in [0.05, 0.1) is 23.0 Å². The van der Waals surface area contributed by atoms with Crippen LogP contribution in [0.2, 0.25) is 0 Å². The van der Waals surface area contributed by atoms with Crippen LogP contribution in [0.3, 0.4) is 0 Å². The molecule has 1 fully saturated rings. The number of thiophene rings is 1. The molecule has 6 heterocycles. The number of piperazine rings is 1. The Balaban J connectivity index is 1.50. The van der Waals surface area contributed by atoms with Gasteiger partial charge in [-0.15, -0.1) is 23.1 Å². The molecule has 1 aromatic carbocycles. The fraction of sp³-hybridized carbons (Fsp3) is 0.303. The van der Waals surface area contributed by atoms with E-state index in [1.54, 1.807) is 45.8 Å². The Morgan fingerprint density at radius 3 is 2.54 bits per heavy atom. The number of fused-ring (bicyclic) bond motifs is 1. The average Bonchev–Trinajstić information content (AvgIpc) is 3.39. The van der Waals surface area contributed by atoms with Crippen LogP contribution in [-0.2, 0) is 17.5 Å². The highest BCUT2D eigenvalue weighted by molar-refractivity contribution is 7.99. The number of alkyl halides is 3. The zero-order chi connectivity index (χ0) is 33.9. The van der Waals surface area contributed by atoms with Crippen molar-refractivity contribution in [3.8, 4) is 16.2 Å². The maximum absolute atomic E-state index is 15.2. The molecule has 7 rings (SSSR count). The second-order valence-electron chi connectivity index (χ2n) is 11.8. The van der Waals surface area contributed by atoms with E-state index in [1.807, 2.05) is 13.8 Å².